The average Bonchev–Trinajstić information content (AvgIpc) is 0.775. The fraction of sp³-hybridized carbons (Fsp3) is 0.441. The highest BCUT2D eigenvalue weighted by molar-refractivity contribution is 6.32. The molecule has 0 aromatic heterocycles. The molecule has 20 N–H and O–H groups in total. The maximum absolute atomic E-state index is 16.0. The third kappa shape index (κ3) is 15.7. The number of fused-ring (bicyclic) bond motifs is 15. The second kappa shape index (κ2) is 30.0. The number of nitrogens with two attached hydrogens (primary N) is 2. The molecule has 542 valence electrons. The van der Waals surface area contributed by atoms with Crippen molar-refractivity contribution in [2.24, 2.45) is 17.4 Å². The molecule has 6 amide bonds. The van der Waals surface area contributed by atoms with Crippen LogP contribution < -0.4 is 57.6 Å². The number of carboxylic acid groups (broad SMARTS) is 1. The summed E-state index contributed by atoms with van der Waals surface area (Å²) in [6.07, 6.45) is -17.4. The van der Waals surface area contributed by atoms with Gasteiger partial charge in [0.15, 0.2) is 41.2 Å². The first-order valence-electron chi connectivity index (χ1n) is 32.2. The monoisotopic (exact) mass is 1430 g/mol. The number of ketones is 1. The Morgan fingerprint density at radius 1 is 0.743 bits per heavy atom. The molecule has 5 aromatic carbocycles. The van der Waals surface area contributed by atoms with Crippen molar-refractivity contribution < 1.29 is 118 Å². The van der Waals surface area contributed by atoms with Crippen molar-refractivity contribution in [1.29, 1.82) is 0 Å². The first kappa shape index (κ1) is 74.2. The van der Waals surface area contributed by atoms with Crippen molar-refractivity contribution in [2.75, 3.05) is 13.7 Å². The molecule has 2 saturated heterocycles. The molecular formula is C68H79ClN8O24. The number of primary amides is 1. The van der Waals surface area contributed by atoms with Crippen LogP contribution >= 0.6 is 11.6 Å². The highest BCUT2D eigenvalue weighted by Gasteiger charge is 2.51. The summed E-state index contributed by atoms with van der Waals surface area (Å²) in [6.45, 7) is 7.31. The van der Waals surface area contributed by atoms with E-state index < -0.39 is 244 Å². The van der Waals surface area contributed by atoms with Gasteiger partial charge in [0.2, 0.25) is 47.5 Å². The van der Waals surface area contributed by atoms with E-state index in [1.807, 2.05) is 13.8 Å². The van der Waals surface area contributed by atoms with Gasteiger partial charge in [-0.1, -0.05) is 50.6 Å². The van der Waals surface area contributed by atoms with Crippen LogP contribution in [0.3, 0.4) is 0 Å². The smallest absolute Gasteiger partial charge is 0.311 e. The third-order valence-electron chi connectivity index (χ3n) is 18.5. The molecule has 10 unspecified atom stereocenters. The van der Waals surface area contributed by atoms with E-state index in [1.54, 1.807) is 0 Å². The number of phenols is 4. The molecule has 32 nitrogen and oxygen atoms in total. The van der Waals surface area contributed by atoms with Gasteiger partial charge in [-0.2, -0.15) is 0 Å². The van der Waals surface area contributed by atoms with Gasteiger partial charge in [0.1, 0.15) is 77.6 Å². The van der Waals surface area contributed by atoms with E-state index in [1.165, 1.54) is 46.0 Å². The summed E-state index contributed by atoms with van der Waals surface area (Å²) in [6, 6.07) is 2.90. The van der Waals surface area contributed by atoms with Crippen molar-refractivity contribution in [1.82, 2.24) is 31.9 Å². The number of aromatic hydroxyl groups is 4. The van der Waals surface area contributed by atoms with Crippen LogP contribution in [-0.4, -0.2) is 191 Å². The van der Waals surface area contributed by atoms with Gasteiger partial charge in [0.05, 0.1) is 42.2 Å². The van der Waals surface area contributed by atoms with Gasteiger partial charge in [0, 0.05) is 41.5 Å². The zero-order valence-corrected chi connectivity index (χ0v) is 55.9. The van der Waals surface area contributed by atoms with Gasteiger partial charge in [-0.25, -0.2) is 0 Å². The molecule has 0 radical (unpaired) electrons. The minimum Gasteiger partial charge on any atom is -0.508 e. The molecular weight excluding hydrogens is 1350 g/mol. The molecule has 0 spiro atoms. The molecule has 18 atom stereocenters. The molecule has 7 aliphatic rings. The number of aliphatic carboxylic acids is 1. The van der Waals surface area contributed by atoms with E-state index in [0.717, 1.165) is 60.7 Å². The number of hydrogen-bond acceptors (Lipinski definition) is 25. The number of Topliss-reactive ketones (excluding diaryl/α,β-unsaturated/α-hetero) is 1. The highest BCUT2D eigenvalue weighted by atomic mass is 35.5. The number of carboxylic acids is 1. The zero-order chi connectivity index (χ0) is 73.5. The van der Waals surface area contributed by atoms with Gasteiger partial charge in [-0.15, -0.1) is 0 Å². The maximum atomic E-state index is 16.0. The number of phenolic OH excluding ortho intramolecular Hbond substituents is 4. The van der Waals surface area contributed by atoms with Crippen LogP contribution in [0.2, 0.25) is 5.02 Å². The Labute approximate surface area is 581 Å². The summed E-state index contributed by atoms with van der Waals surface area (Å²) in [4.78, 5) is 117. The van der Waals surface area contributed by atoms with E-state index in [0.29, 0.717) is 0 Å². The van der Waals surface area contributed by atoms with Crippen LogP contribution in [0.1, 0.15) is 118 Å². The number of carbonyl (C=O) groups excluding carboxylic acids is 7. The minimum atomic E-state index is -2.31. The van der Waals surface area contributed by atoms with Crippen molar-refractivity contribution in [2.45, 2.75) is 169 Å². The summed E-state index contributed by atoms with van der Waals surface area (Å²) in [5.41, 5.74) is 8.69. The number of hydrogen-bond donors (Lipinski definition) is 18. The lowest BCUT2D eigenvalue weighted by atomic mass is 9.83. The van der Waals surface area contributed by atoms with Crippen LogP contribution in [0.5, 0.6) is 51.7 Å². The van der Waals surface area contributed by atoms with Gasteiger partial charge in [-0.05, 0) is 116 Å². The average molecular weight is 1430 g/mol. The predicted octanol–water partition coefficient (Wildman–Crippen LogP) is 1.11. The van der Waals surface area contributed by atoms with Crippen molar-refractivity contribution in [3.8, 4) is 62.9 Å². The molecule has 2 fully saturated rings. The topological polar surface area (TPSA) is 518 Å². The summed E-state index contributed by atoms with van der Waals surface area (Å²) in [7, 11) is 1.53. The van der Waals surface area contributed by atoms with Crippen LogP contribution in [0.4, 0.5) is 0 Å². The van der Waals surface area contributed by atoms with Gasteiger partial charge in [-0.3, -0.25) is 38.4 Å². The Bertz CT molecular complexity index is 4070. The SMILES string of the molecule is CNC(CC(C)C)C(=O)N[C@H]1C(=O)N[C@@H](CC(N)=O)C(=O)N[C@H]2C(=O)N[C@H]3C(=O)N[C@H](C(=O)C[C@H](C(=O)O)c4cc(O)cc(O)c4-c4cc3ccc4O)[C@H](O)c3ccc(c(O)c3)Oc3cc2cc(c3OC2OC(CO)C(O)C(O)C2OC2CC(C)(N)C(O)C(C)O2)Oc2ccc(cc2Cl)[C@H]1C. The zero-order valence-electron chi connectivity index (χ0n) is 55.2. The first-order chi connectivity index (χ1) is 47.7. The van der Waals surface area contributed by atoms with Crippen LogP contribution in [0.15, 0.2) is 78.9 Å². The molecule has 0 aliphatic carbocycles. The lowest BCUT2D eigenvalue weighted by molar-refractivity contribution is -0.333. The number of aliphatic hydroxyl groups is 5. The Hall–Kier alpha value is -9.45. The number of nitrogens with one attached hydrogen (secondary N) is 6. The normalized spacial score (nSPS) is 29.5. The minimum absolute atomic E-state index is 0.0378. The van der Waals surface area contributed by atoms with Crippen molar-refractivity contribution in [3.05, 3.63) is 112 Å². The fourth-order valence-corrected chi connectivity index (χ4v) is 13.2. The number of carbonyl (C=O) groups is 8. The highest BCUT2D eigenvalue weighted by Crippen LogP contribution is 2.50. The van der Waals surface area contributed by atoms with E-state index in [2.05, 4.69) is 31.9 Å². The molecule has 12 rings (SSSR count). The summed E-state index contributed by atoms with van der Waals surface area (Å²) in [5, 5.41) is 130. The van der Waals surface area contributed by atoms with E-state index in [9.17, 15) is 75.0 Å². The van der Waals surface area contributed by atoms with Gasteiger partial charge >= 0.3 is 5.97 Å². The summed E-state index contributed by atoms with van der Waals surface area (Å²) >= 11 is 7.16. The Kier molecular flexibility index (Phi) is 22.1. The van der Waals surface area contributed by atoms with Gasteiger partial charge < -0.3 is 123 Å². The lowest BCUT2D eigenvalue weighted by Gasteiger charge is -2.47. The fourth-order valence-electron chi connectivity index (χ4n) is 13.0. The van der Waals surface area contributed by atoms with Crippen molar-refractivity contribution >= 4 is 58.8 Å². The number of likely N-dealkylation sites (N-methyl/N-ethyl adjacent to an activating group) is 1. The summed E-state index contributed by atoms with van der Waals surface area (Å²) < 4.78 is 38.3. The molecule has 7 aliphatic heterocycles. The van der Waals surface area contributed by atoms with Crippen LogP contribution in [0, 0.1) is 5.92 Å². The first-order valence-corrected chi connectivity index (χ1v) is 32.6. The van der Waals surface area contributed by atoms with Crippen LogP contribution in [0.25, 0.3) is 11.1 Å². The molecule has 11 bridgehead atoms. The van der Waals surface area contributed by atoms with E-state index in [-0.39, 0.29) is 46.2 Å². The van der Waals surface area contributed by atoms with Crippen LogP contribution in [-0.2, 0) is 52.6 Å². The molecule has 0 saturated carbocycles. The largest absolute Gasteiger partial charge is 0.508 e. The second-order valence-corrected chi connectivity index (χ2v) is 26.8. The maximum Gasteiger partial charge on any atom is 0.311 e. The summed E-state index contributed by atoms with van der Waals surface area (Å²) in [5.74, 6) is -18.9. The number of rotatable bonds is 13. The molecule has 101 heavy (non-hydrogen) atoms. The number of benzene rings is 5. The van der Waals surface area contributed by atoms with E-state index >= 15 is 14.4 Å². The van der Waals surface area contributed by atoms with E-state index in [4.69, 9.17) is 51.5 Å². The predicted molar refractivity (Wildman–Crippen MR) is 351 cm³/mol. The van der Waals surface area contributed by atoms with Crippen molar-refractivity contribution in [3.63, 3.8) is 0 Å². The van der Waals surface area contributed by atoms with Gasteiger partial charge in [0.25, 0.3) is 0 Å². The lowest BCUT2D eigenvalue weighted by Crippen LogP contribution is -2.64. The third-order valence-corrected chi connectivity index (χ3v) is 18.8. The number of amides is 6. The Balaban J connectivity index is 1.24. The molecule has 7 heterocycles. The molecule has 33 heteroatoms. The standard InChI is InChI=1S/C68H79ClN8O24/c1-25(2)13-37(72-6)61(89)74-51-26(3)28-8-11-43(36(69)15-28)97-45-17-31-18-46(58(45)101-67-59(57(87)56(86)47(24-78)99-67)100-49-23-68(5,71)60(88)27(4)96-49)98-44-12-9-30(16-40(44)81)55(85)54-42(83)21-34(66(94)95)33-19-32(79)20-41(82)50(33)35-14-29(7-10-39(35)80)52(64(92)77-54)76-65(93)53(31)75-62(90)38(22-48(70)84)73-63(51)91/h7-12,14-20,25-27,34,37-38,47,49,51-57,59-60,67,72,78-82,85-88H,13,21-24,71H2,1-6H3,(H2,70,84)(H,73,91)(H,74,89)(H,75,90)(H,76,93)(H,77,92)(H,94,95)/t26-,27?,34+,37?,38+,47?,49?,51-,52-,53-,54-,55-,56?,57?,59?,60?,67?,68?/m1/s1. The Morgan fingerprint density at radius 3 is 2.02 bits per heavy atom. The number of halogens is 1. The Morgan fingerprint density at radius 2 is 1.39 bits per heavy atom. The number of aliphatic hydroxyl groups excluding tert-OH is 5. The second-order valence-electron chi connectivity index (χ2n) is 26.4. The number of ether oxygens (including phenoxy) is 6. The molecule has 5 aromatic rings. The quantitative estimate of drug-likeness (QED) is 0.0785.